The molecule has 1 saturated heterocycles. The van der Waals surface area contributed by atoms with Gasteiger partial charge in [-0.05, 0) is 45.4 Å². The van der Waals surface area contributed by atoms with Crippen LogP contribution < -0.4 is 5.32 Å². The summed E-state index contributed by atoms with van der Waals surface area (Å²) in [7, 11) is -3.86. The number of nitrogens with zero attached hydrogens (tertiary/aromatic N) is 4. The van der Waals surface area contributed by atoms with Gasteiger partial charge in [0.15, 0.2) is 0 Å². The number of amides is 1. The third-order valence-corrected chi connectivity index (χ3v) is 8.11. The number of hydrogen-bond acceptors (Lipinski definition) is 7. The summed E-state index contributed by atoms with van der Waals surface area (Å²) in [6.07, 6.45) is 3.39. The number of ether oxygens (including phenoxy) is 1. The van der Waals surface area contributed by atoms with Crippen molar-refractivity contribution in [2.45, 2.75) is 43.7 Å². The standard InChI is InChI=1S/C27H28ClN5O4S/c1-27(2,3)37-26(34)32-14-13-18(16-32)30-25-29-15-22(28)24(31-25)21-17-33(23-12-8-7-11-20(21)23)38(35,36)19-9-5-4-6-10-19/h4-12,15,17-18H,13-14,16H2,1-3H3,(H,29,30,31)/t18-/m0/s1. The Kier molecular flexibility index (Phi) is 6.79. The second kappa shape index (κ2) is 9.92. The van der Waals surface area contributed by atoms with Gasteiger partial charge in [0.05, 0.1) is 27.3 Å². The van der Waals surface area contributed by atoms with E-state index in [2.05, 4.69) is 15.3 Å². The van der Waals surface area contributed by atoms with Crippen molar-refractivity contribution >= 4 is 44.6 Å². The number of anilines is 1. The maximum Gasteiger partial charge on any atom is 0.410 e. The Morgan fingerprint density at radius 3 is 2.55 bits per heavy atom. The first-order valence-corrected chi connectivity index (χ1v) is 14.0. The summed E-state index contributed by atoms with van der Waals surface area (Å²) in [6, 6.07) is 15.4. The summed E-state index contributed by atoms with van der Waals surface area (Å²) in [5, 5.41) is 4.26. The van der Waals surface area contributed by atoms with Crippen LogP contribution in [0.4, 0.5) is 10.7 Å². The molecule has 0 radical (unpaired) electrons. The van der Waals surface area contributed by atoms with Gasteiger partial charge in [-0.25, -0.2) is 27.2 Å². The number of rotatable bonds is 5. The molecule has 1 N–H and O–H groups in total. The van der Waals surface area contributed by atoms with Gasteiger partial charge in [-0.1, -0.05) is 48.0 Å². The van der Waals surface area contributed by atoms with E-state index in [1.165, 1.54) is 10.2 Å². The van der Waals surface area contributed by atoms with E-state index in [1.807, 2.05) is 32.9 Å². The van der Waals surface area contributed by atoms with Crippen molar-refractivity contribution in [1.82, 2.24) is 18.8 Å². The number of aromatic nitrogens is 3. The number of nitrogens with one attached hydrogen (secondary N) is 1. The first-order valence-electron chi connectivity index (χ1n) is 12.2. The van der Waals surface area contributed by atoms with Gasteiger partial charge in [0.2, 0.25) is 5.95 Å². The normalized spacial score (nSPS) is 16.1. The molecule has 38 heavy (non-hydrogen) atoms. The van der Waals surface area contributed by atoms with E-state index in [4.69, 9.17) is 16.3 Å². The zero-order valence-corrected chi connectivity index (χ0v) is 22.8. The zero-order chi connectivity index (χ0) is 27.1. The van der Waals surface area contributed by atoms with E-state index in [0.717, 1.165) is 0 Å². The smallest absolute Gasteiger partial charge is 0.410 e. The SMILES string of the molecule is CC(C)(C)OC(=O)N1CC[C@H](Nc2ncc(Cl)c(-c3cn(S(=O)(=O)c4ccccc4)c4ccccc34)n2)C1. The van der Waals surface area contributed by atoms with Crippen LogP contribution in [0.1, 0.15) is 27.2 Å². The minimum Gasteiger partial charge on any atom is -0.444 e. The number of likely N-dealkylation sites (tertiary alicyclic amines) is 1. The molecule has 0 bridgehead atoms. The van der Waals surface area contributed by atoms with Gasteiger partial charge in [-0.3, -0.25) is 0 Å². The lowest BCUT2D eigenvalue weighted by Crippen LogP contribution is -2.36. The van der Waals surface area contributed by atoms with Crippen molar-refractivity contribution in [1.29, 1.82) is 0 Å². The molecule has 198 valence electrons. The highest BCUT2D eigenvalue weighted by Gasteiger charge is 2.30. The van der Waals surface area contributed by atoms with Crippen molar-refractivity contribution in [2.24, 2.45) is 0 Å². The second-order valence-electron chi connectivity index (χ2n) is 10.1. The molecular formula is C27H28ClN5O4S. The average Bonchev–Trinajstić information content (AvgIpc) is 3.50. The van der Waals surface area contributed by atoms with Gasteiger partial charge in [-0.15, -0.1) is 0 Å². The molecular weight excluding hydrogens is 526 g/mol. The van der Waals surface area contributed by atoms with Crippen LogP contribution in [0.25, 0.3) is 22.2 Å². The monoisotopic (exact) mass is 553 g/mol. The van der Waals surface area contributed by atoms with Crippen molar-refractivity contribution in [3.05, 3.63) is 72.0 Å². The maximum absolute atomic E-state index is 13.5. The van der Waals surface area contributed by atoms with E-state index in [9.17, 15) is 13.2 Å². The molecule has 3 heterocycles. The number of halogens is 1. The predicted molar refractivity (Wildman–Crippen MR) is 147 cm³/mol. The number of carbonyl (C=O) groups excluding carboxylic acids is 1. The van der Waals surface area contributed by atoms with Crippen molar-refractivity contribution in [2.75, 3.05) is 18.4 Å². The van der Waals surface area contributed by atoms with Crippen molar-refractivity contribution in [3.8, 4) is 11.3 Å². The van der Waals surface area contributed by atoms with Crippen LogP contribution in [0.2, 0.25) is 5.02 Å². The summed E-state index contributed by atoms with van der Waals surface area (Å²) >= 11 is 6.53. The Morgan fingerprint density at radius 2 is 1.82 bits per heavy atom. The molecule has 2 aromatic carbocycles. The number of hydrogen-bond donors (Lipinski definition) is 1. The third kappa shape index (κ3) is 5.19. The predicted octanol–water partition coefficient (Wildman–Crippen LogP) is 5.41. The Balaban J connectivity index is 1.46. The molecule has 1 aliphatic heterocycles. The quantitative estimate of drug-likeness (QED) is 0.352. The van der Waals surface area contributed by atoms with E-state index >= 15 is 0 Å². The minimum absolute atomic E-state index is 0.0728. The van der Waals surface area contributed by atoms with Gasteiger partial charge in [0.25, 0.3) is 10.0 Å². The Bertz CT molecular complexity index is 1600. The van der Waals surface area contributed by atoms with Gasteiger partial charge < -0.3 is 15.0 Å². The zero-order valence-electron chi connectivity index (χ0n) is 21.3. The van der Waals surface area contributed by atoms with E-state index in [1.54, 1.807) is 53.6 Å². The topological polar surface area (TPSA) is 106 Å². The molecule has 0 unspecified atom stereocenters. The first kappa shape index (κ1) is 26.0. The molecule has 1 atom stereocenters. The summed E-state index contributed by atoms with van der Waals surface area (Å²) < 4.78 is 33.7. The largest absolute Gasteiger partial charge is 0.444 e. The lowest BCUT2D eigenvalue weighted by molar-refractivity contribution is 0.0293. The fourth-order valence-corrected chi connectivity index (χ4v) is 6.01. The molecule has 0 aliphatic carbocycles. The summed E-state index contributed by atoms with van der Waals surface area (Å²) in [5.74, 6) is 0.336. The second-order valence-corrected chi connectivity index (χ2v) is 12.3. The molecule has 1 aliphatic rings. The molecule has 0 spiro atoms. The van der Waals surface area contributed by atoms with E-state index in [0.29, 0.717) is 47.6 Å². The molecule has 11 heteroatoms. The fraction of sp³-hybridized carbons (Fsp3) is 0.296. The molecule has 9 nitrogen and oxygen atoms in total. The molecule has 2 aromatic heterocycles. The Hall–Kier alpha value is -3.63. The van der Waals surface area contributed by atoms with Crippen LogP contribution in [-0.4, -0.2) is 58.1 Å². The lowest BCUT2D eigenvalue weighted by atomic mass is 10.1. The van der Waals surface area contributed by atoms with Gasteiger partial charge >= 0.3 is 6.09 Å². The lowest BCUT2D eigenvalue weighted by Gasteiger charge is -2.24. The third-order valence-electron chi connectivity index (χ3n) is 6.15. The van der Waals surface area contributed by atoms with Crippen molar-refractivity contribution in [3.63, 3.8) is 0 Å². The fourth-order valence-electron chi connectivity index (χ4n) is 4.42. The Morgan fingerprint density at radius 1 is 1.11 bits per heavy atom. The van der Waals surface area contributed by atoms with Gasteiger partial charge in [-0.2, -0.15) is 0 Å². The first-order chi connectivity index (χ1) is 18.0. The van der Waals surface area contributed by atoms with Crippen LogP contribution in [0.5, 0.6) is 0 Å². The van der Waals surface area contributed by atoms with Crippen LogP contribution >= 0.6 is 11.6 Å². The van der Waals surface area contributed by atoms with Crippen LogP contribution in [0, 0.1) is 0 Å². The number of carbonyl (C=O) groups is 1. The summed E-state index contributed by atoms with van der Waals surface area (Å²) in [4.78, 5) is 23.2. The van der Waals surface area contributed by atoms with Crippen molar-refractivity contribution < 1.29 is 17.9 Å². The average molecular weight is 554 g/mol. The molecule has 0 saturated carbocycles. The molecule has 1 fully saturated rings. The van der Waals surface area contributed by atoms with E-state index in [-0.39, 0.29) is 22.1 Å². The van der Waals surface area contributed by atoms with Gasteiger partial charge in [0, 0.05) is 36.3 Å². The van der Waals surface area contributed by atoms with Gasteiger partial charge in [0.1, 0.15) is 5.60 Å². The number of benzene rings is 2. The van der Waals surface area contributed by atoms with Crippen LogP contribution in [-0.2, 0) is 14.8 Å². The minimum atomic E-state index is -3.86. The number of para-hydroxylation sites is 1. The number of fused-ring (bicyclic) bond motifs is 1. The van der Waals surface area contributed by atoms with Crippen LogP contribution in [0.15, 0.2) is 71.9 Å². The summed E-state index contributed by atoms with van der Waals surface area (Å²) in [6.45, 7) is 6.51. The maximum atomic E-state index is 13.5. The highest BCUT2D eigenvalue weighted by Crippen LogP contribution is 2.35. The summed E-state index contributed by atoms with van der Waals surface area (Å²) in [5.41, 5.74) is 0.922. The molecule has 4 aromatic rings. The highest BCUT2D eigenvalue weighted by molar-refractivity contribution is 7.90. The van der Waals surface area contributed by atoms with E-state index < -0.39 is 15.6 Å². The Labute approximate surface area is 226 Å². The molecule has 1 amide bonds. The highest BCUT2D eigenvalue weighted by atomic mass is 35.5. The van der Waals surface area contributed by atoms with Crippen LogP contribution in [0.3, 0.4) is 0 Å². The molecule has 5 rings (SSSR count).